The van der Waals surface area contributed by atoms with Gasteiger partial charge in [0, 0.05) is 10.9 Å². The van der Waals surface area contributed by atoms with Crippen LogP contribution in [0.1, 0.15) is 67.3 Å². The molecule has 1 aromatic rings. The number of carbonyl (C=O) groups excluding carboxylic acids is 2. The summed E-state index contributed by atoms with van der Waals surface area (Å²) in [6.45, 7) is 5.90. The van der Waals surface area contributed by atoms with E-state index in [0.717, 1.165) is 44.1 Å². The molecule has 160 valence electrons. The Morgan fingerprint density at radius 2 is 1.93 bits per heavy atom. The summed E-state index contributed by atoms with van der Waals surface area (Å²) < 4.78 is 4.87. The second-order valence-corrected chi connectivity index (χ2v) is 9.78. The Morgan fingerprint density at radius 1 is 1.21 bits per heavy atom. The van der Waals surface area contributed by atoms with E-state index in [1.165, 1.54) is 16.2 Å². The summed E-state index contributed by atoms with van der Waals surface area (Å²) in [6.07, 6.45) is 5.86. The molecule has 0 aromatic carbocycles. The van der Waals surface area contributed by atoms with Gasteiger partial charge in [-0.25, -0.2) is 4.79 Å². The summed E-state index contributed by atoms with van der Waals surface area (Å²) in [7, 11) is 0. The number of hydrogen-bond donors (Lipinski definition) is 3. The molecule has 0 aliphatic heterocycles. The molecule has 29 heavy (non-hydrogen) atoms. The highest BCUT2D eigenvalue weighted by molar-refractivity contribution is 7.17. The first kappa shape index (κ1) is 21.8. The average molecular weight is 423 g/mol. The maximum atomic E-state index is 12.9. The van der Waals surface area contributed by atoms with Crippen molar-refractivity contribution in [3.8, 4) is 0 Å². The lowest BCUT2D eigenvalue weighted by atomic mass is 9.69. The van der Waals surface area contributed by atoms with Gasteiger partial charge < -0.3 is 20.5 Å². The molecule has 1 aromatic heterocycles. The summed E-state index contributed by atoms with van der Waals surface area (Å²) in [5, 5.41) is 15.0. The minimum Gasteiger partial charge on any atom is -0.480 e. The van der Waals surface area contributed by atoms with Crippen molar-refractivity contribution < 1.29 is 24.2 Å². The molecular formula is C21H30N2O5S. The normalized spacial score (nSPS) is 18.8. The molecule has 2 aliphatic carbocycles. The monoisotopic (exact) mass is 422 g/mol. The fourth-order valence-electron chi connectivity index (χ4n) is 3.75. The lowest BCUT2D eigenvalue weighted by molar-refractivity contribution is -0.143. The Labute approximate surface area is 175 Å². The Bertz CT molecular complexity index is 797. The lowest BCUT2D eigenvalue weighted by Crippen LogP contribution is -2.30. The number of hydrogen-bond acceptors (Lipinski definition) is 5. The summed E-state index contributed by atoms with van der Waals surface area (Å²) in [5.74, 6) is -1.16. The number of carboxylic acid groups (broad SMARTS) is 1. The van der Waals surface area contributed by atoms with Crippen molar-refractivity contribution >= 4 is 34.1 Å². The van der Waals surface area contributed by atoms with E-state index in [4.69, 9.17) is 9.84 Å². The topological polar surface area (TPSA) is 105 Å². The molecule has 3 rings (SSSR count). The Kier molecular flexibility index (Phi) is 6.63. The van der Waals surface area contributed by atoms with Crippen molar-refractivity contribution in [2.24, 2.45) is 11.3 Å². The molecule has 1 atom stereocenters. The third-order valence-electron chi connectivity index (χ3n) is 6.13. The molecule has 7 nitrogen and oxygen atoms in total. The van der Waals surface area contributed by atoms with E-state index in [9.17, 15) is 14.4 Å². The van der Waals surface area contributed by atoms with Gasteiger partial charge in [0.1, 0.15) is 18.2 Å². The molecule has 2 amide bonds. The van der Waals surface area contributed by atoms with Gasteiger partial charge in [0.15, 0.2) is 0 Å². The zero-order valence-electron chi connectivity index (χ0n) is 17.3. The van der Waals surface area contributed by atoms with Crippen LogP contribution in [-0.2, 0) is 27.2 Å². The lowest BCUT2D eigenvalue weighted by Gasteiger charge is -2.36. The number of fused-ring (bicyclic) bond motifs is 1. The quantitative estimate of drug-likeness (QED) is 0.567. The van der Waals surface area contributed by atoms with Crippen molar-refractivity contribution in [2.75, 3.05) is 18.5 Å². The summed E-state index contributed by atoms with van der Waals surface area (Å²) in [6, 6.07) is 0.232. The molecule has 2 aliphatic rings. The second-order valence-electron chi connectivity index (χ2n) is 8.67. The maximum Gasteiger partial charge on any atom is 0.329 e. The summed E-state index contributed by atoms with van der Waals surface area (Å²) in [4.78, 5) is 36.9. The number of nitrogens with one attached hydrogen (secondary N) is 2. The van der Waals surface area contributed by atoms with Gasteiger partial charge in [-0.2, -0.15) is 0 Å². The smallest absolute Gasteiger partial charge is 0.329 e. The van der Waals surface area contributed by atoms with Crippen LogP contribution in [0.15, 0.2) is 0 Å². The van der Waals surface area contributed by atoms with Crippen LogP contribution in [0.2, 0.25) is 0 Å². The van der Waals surface area contributed by atoms with E-state index >= 15 is 0 Å². The second kappa shape index (κ2) is 8.83. The standard InChI is InChI=1S/C21H30N2O5S/c1-4-21(2,3)12-5-8-14-15(9-12)29-20(18(14)19(27)22-13-6-7-13)23-16(24)10-28-11-17(25)26/h12-13H,4-11H2,1-3H3,(H,22,27)(H,23,24)(H,25,26). The van der Waals surface area contributed by atoms with Gasteiger partial charge in [-0.3, -0.25) is 9.59 Å². The molecule has 0 spiro atoms. The molecule has 0 bridgehead atoms. The minimum absolute atomic E-state index is 0.125. The van der Waals surface area contributed by atoms with Gasteiger partial charge in [0.05, 0.1) is 5.56 Å². The zero-order chi connectivity index (χ0) is 21.2. The number of rotatable bonds is 9. The van der Waals surface area contributed by atoms with E-state index in [2.05, 4.69) is 31.4 Å². The van der Waals surface area contributed by atoms with Crippen molar-refractivity contribution in [3.63, 3.8) is 0 Å². The van der Waals surface area contributed by atoms with Gasteiger partial charge in [0.25, 0.3) is 11.8 Å². The highest BCUT2D eigenvalue weighted by Gasteiger charge is 2.36. The largest absolute Gasteiger partial charge is 0.480 e. The van der Waals surface area contributed by atoms with Gasteiger partial charge in [-0.05, 0) is 49.0 Å². The highest BCUT2D eigenvalue weighted by atomic mass is 32.1. The molecule has 8 heteroatoms. The predicted molar refractivity (Wildman–Crippen MR) is 111 cm³/mol. The van der Waals surface area contributed by atoms with Gasteiger partial charge >= 0.3 is 5.97 Å². The molecular weight excluding hydrogens is 392 g/mol. The first-order valence-electron chi connectivity index (χ1n) is 10.3. The molecule has 1 unspecified atom stereocenters. The number of carboxylic acids is 1. The van der Waals surface area contributed by atoms with Crippen LogP contribution in [0.4, 0.5) is 5.00 Å². The number of aliphatic carboxylic acids is 1. The fourth-order valence-corrected chi connectivity index (χ4v) is 5.09. The number of thiophene rings is 1. The number of carbonyl (C=O) groups is 3. The maximum absolute atomic E-state index is 12.9. The number of anilines is 1. The molecule has 1 fully saturated rings. The molecule has 0 saturated heterocycles. The van der Waals surface area contributed by atoms with Gasteiger partial charge in [-0.15, -0.1) is 11.3 Å². The van der Waals surface area contributed by atoms with E-state index < -0.39 is 18.5 Å². The molecule has 1 saturated carbocycles. The van der Waals surface area contributed by atoms with Crippen LogP contribution in [-0.4, -0.2) is 42.1 Å². The van der Waals surface area contributed by atoms with Crippen molar-refractivity contribution in [1.29, 1.82) is 0 Å². The SMILES string of the molecule is CCC(C)(C)C1CCc2c(sc(NC(=O)COCC(=O)O)c2C(=O)NC2CC2)C1. The summed E-state index contributed by atoms with van der Waals surface area (Å²) >= 11 is 1.47. The Hall–Kier alpha value is -1.93. The third kappa shape index (κ3) is 5.36. The Balaban J connectivity index is 1.80. The Morgan fingerprint density at radius 3 is 2.55 bits per heavy atom. The van der Waals surface area contributed by atoms with Crippen LogP contribution in [0.25, 0.3) is 0 Å². The molecule has 1 heterocycles. The van der Waals surface area contributed by atoms with Gasteiger partial charge in [-0.1, -0.05) is 27.2 Å². The van der Waals surface area contributed by atoms with Crippen LogP contribution in [0.3, 0.4) is 0 Å². The number of ether oxygens (including phenoxy) is 1. The zero-order valence-corrected chi connectivity index (χ0v) is 18.1. The average Bonchev–Trinajstić information content (AvgIpc) is 3.39. The van der Waals surface area contributed by atoms with Crippen LogP contribution in [0.5, 0.6) is 0 Å². The van der Waals surface area contributed by atoms with Crippen molar-refractivity contribution in [1.82, 2.24) is 5.32 Å². The van der Waals surface area contributed by atoms with Gasteiger partial charge in [0.2, 0.25) is 0 Å². The predicted octanol–water partition coefficient (Wildman–Crippen LogP) is 3.22. The van der Waals surface area contributed by atoms with E-state index in [-0.39, 0.29) is 24.0 Å². The van der Waals surface area contributed by atoms with Crippen LogP contribution >= 0.6 is 11.3 Å². The third-order valence-corrected chi connectivity index (χ3v) is 7.30. The molecule has 0 radical (unpaired) electrons. The minimum atomic E-state index is -1.13. The first-order chi connectivity index (χ1) is 13.7. The number of amides is 2. The summed E-state index contributed by atoms with van der Waals surface area (Å²) in [5.41, 5.74) is 1.86. The first-order valence-corrected chi connectivity index (χ1v) is 11.1. The van der Waals surface area contributed by atoms with Crippen molar-refractivity contribution in [2.45, 2.75) is 65.3 Å². The van der Waals surface area contributed by atoms with E-state index in [0.29, 0.717) is 16.5 Å². The molecule has 3 N–H and O–H groups in total. The van der Waals surface area contributed by atoms with E-state index in [1.807, 2.05) is 0 Å². The van der Waals surface area contributed by atoms with Crippen LogP contribution in [0, 0.1) is 11.3 Å². The van der Waals surface area contributed by atoms with E-state index in [1.54, 1.807) is 0 Å². The van der Waals surface area contributed by atoms with Crippen molar-refractivity contribution in [3.05, 3.63) is 16.0 Å². The highest BCUT2D eigenvalue weighted by Crippen LogP contribution is 2.45. The van der Waals surface area contributed by atoms with Crippen LogP contribution < -0.4 is 10.6 Å². The fraction of sp³-hybridized carbons (Fsp3) is 0.667.